The molecule has 0 fully saturated rings. The molecule has 1 aromatic rings. The molecule has 1 amide bonds. The van der Waals surface area contributed by atoms with Crippen LogP contribution in [-0.4, -0.2) is 31.6 Å². The van der Waals surface area contributed by atoms with Gasteiger partial charge in [-0.05, 0) is 12.0 Å². The number of nitrogens with zero attached hydrogens (tertiary/aromatic N) is 1. The Morgan fingerprint density at radius 2 is 2.38 bits per heavy atom. The third kappa shape index (κ3) is 3.20. The summed E-state index contributed by atoms with van der Waals surface area (Å²) < 4.78 is 4.95. The summed E-state index contributed by atoms with van der Waals surface area (Å²) in [4.78, 5) is 15.5. The van der Waals surface area contributed by atoms with Gasteiger partial charge in [0.25, 0.3) is 0 Å². The SMILES string of the molecule is CNC(=O)C(CN)Cc1ccc(OC)nc1. The van der Waals surface area contributed by atoms with Gasteiger partial charge in [-0.3, -0.25) is 4.79 Å². The summed E-state index contributed by atoms with van der Waals surface area (Å²) in [5.74, 6) is 0.312. The Balaban J connectivity index is 2.66. The highest BCUT2D eigenvalue weighted by Gasteiger charge is 2.15. The second kappa shape index (κ2) is 6.07. The molecular weight excluding hydrogens is 206 g/mol. The minimum Gasteiger partial charge on any atom is -0.481 e. The number of ether oxygens (including phenoxy) is 1. The van der Waals surface area contributed by atoms with E-state index >= 15 is 0 Å². The van der Waals surface area contributed by atoms with Gasteiger partial charge >= 0.3 is 0 Å². The lowest BCUT2D eigenvalue weighted by Crippen LogP contribution is -2.34. The molecule has 0 aliphatic rings. The highest BCUT2D eigenvalue weighted by Crippen LogP contribution is 2.11. The molecule has 0 saturated heterocycles. The smallest absolute Gasteiger partial charge is 0.224 e. The van der Waals surface area contributed by atoms with Gasteiger partial charge in [-0.1, -0.05) is 6.07 Å². The molecule has 3 N–H and O–H groups in total. The van der Waals surface area contributed by atoms with E-state index in [2.05, 4.69) is 10.3 Å². The largest absolute Gasteiger partial charge is 0.481 e. The Labute approximate surface area is 95.0 Å². The highest BCUT2D eigenvalue weighted by atomic mass is 16.5. The first-order valence-corrected chi connectivity index (χ1v) is 5.11. The van der Waals surface area contributed by atoms with Crippen LogP contribution < -0.4 is 15.8 Å². The quantitative estimate of drug-likeness (QED) is 0.734. The average Bonchev–Trinajstić information content (AvgIpc) is 2.35. The molecule has 1 unspecified atom stereocenters. The van der Waals surface area contributed by atoms with E-state index in [0.717, 1.165) is 5.56 Å². The lowest BCUT2D eigenvalue weighted by Gasteiger charge is -2.12. The highest BCUT2D eigenvalue weighted by molar-refractivity contribution is 5.78. The van der Waals surface area contributed by atoms with Crippen LogP contribution in [0.4, 0.5) is 0 Å². The fraction of sp³-hybridized carbons (Fsp3) is 0.455. The van der Waals surface area contributed by atoms with Crippen molar-refractivity contribution >= 4 is 5.91 Å². The van der Waals surface area contributed by atoms with Crippen molar-refractivity contribution in [1.82, 2.24) is 10.3 Å². The van der Waals surface area contributed by atoms with Crippen LogP contribution in [0.15, 0.2) is 18.3 Å². The third-order valence-electron chi connectivity index (χ3n) is 2.39. The van der Waals surface area contributed by atoms with Crippen molar-refractivity contribution < 1.29 is 9.53 Å². The van der Waals surface area contributed by atoms with Crippen molar-refractivity contribution in [3.8, 4) is 5.88 Å². The van der Waals surface area contributed by atoms with E-state index < -0.39 is 0 Å². The van der Waals surface area contributed by atoms with Gasteiger partial charge in [0.15, 0.2) is 0 Å². The second-order valence-corrected chi connectivity index (χ2v) is 3.46. The molecule has 5 heteroatoms. The number of hydrogen-bond donors (Lipinski definition) is 2. The molecule has 1 atom stereocenters. The Morgan fingerprint density at radius 3 is 2.81 bits per heavy atom. The van der Waals surface area contributed by atoms with E-state index in [9.17, 15) is 4.79 Å². The van der Waals surface area contributed by atoms with Crippen molar-refractivity contribution in [2.75, 3.05) is 20.7 Å². The average molecular weight is 223 g/mol. The Kier molecular flexibility index (Phi) is 4.72. The summed E-state index contributed by atoms with van der Waals surface area (Å²) in [6, 6.07) is 3.66. The maximum absolute atomic E-state index is 11.4. The molecule has 16 heavy (non-hydrogen) atoms. The zero-order valence-corrected chi connectivity index (χ0v) is 9.56. The molecule has 0 aromatic carbocycles. The number of aromatic nitrogens is 1. The fourth-order valence-electron chi connectivity index (χ4n) is 1.42. The van der Waals surface area contributed by atoms with Gasteiger partial charge in [-0.2, -0.15) is 0 Å². The van der Waals surface area contributed by atoms with Crippen molar-refractivity contribution in [2.45, 2.75) is 6.42 Å². The van der Waals surface area contributed by atoms with Crippen LogP contribution in [0.1, 0.15) is 5.56 Å². The number of hydrogen-bond acceptors (Lipinski definition) is 4. The number of carbonyl (C=O) groups excluding carboxylic acids is 1. The van der Waals surface area contributed by atoms with Crippen LogP contribution >= 0.6 is 0 Å². The van der Waals surface area contributed by atoms with Gasteiger partial charge < -0.3 is 15.8 Å². The molecule has 0 saturated carbocycles. The van der Waals surface area contributed by atoms with Crippen LogP contribution in [0.3, 0.4) is 0 Å². The van der Waals surface area contributed by atoms with Crippen LogP contribution in [-0.2, 0) is 11.2 Å². The maximum atomic E-state index is 11.4. The zero-order valence-electron chi connectivity index (χ0n) is 9.56. The molecule has 5 nitrogen and oxygen atoms in total. The van der Waals surface area contributed by atoms with Crippen molar-refractivity contribution in [2.24, 2.45) is 11.7 Å². The Hall–Kier alpha value is -1.62. The van der Waals surface area contributed by atoms with Crippen molar-refractivity contribution in [1.29, 1.82) is 0 Å². The first-order valence-electron chi connectivity index (χ1n) is 5.11. The number of pyridine rings is 1. The van der Waals surface area contributed by atoms with Gasteiger partial charge in [0, 0.05) is 25.9 Å². The summed E-state index contributed by atoms with van der Waals surface area (Å²) in [7, 11) is 3.17. The first-order chi connectivity index (χ1) is 7.71. The van der Waals surface area contributed by atoms with Crippen molar-refractivity contribution in [3.05, 3.63) is 23.9 Å². The number of methoxy groups -OCH3 is 1. The number of carbonyl (C=O) groups is 1. The molecule has 1 aromatic heterocycles. The van der Waals surface area contributed by atoms with Gasteiger partial charge in [0.1, 0.15) is 0 Å². The third-order valence-corrected chi connectivity index (χ3v) is 2.39. The van der Waals surface area contributed by atoms with Crippen LogP contribution in [0.25, 0.3) is 0 Å². The van der Waals surface area contributed by atoms with E-state index in [1.165, 1.54) is 0 Å². The van der Waals surface area contributed by atoms with E-state index in [4.69, 9.17) is 10.5 Å². The standard InChI is InChI=1S/C11H17N3O2/c1-13-11(15)9(6-12)5-8-3-4-10(16-2)14-7-8/h3-4,7,9H,5-6,12H2,1-2H3,(H,13,15). The molecule has 0 radical (unpaired) electrons. The van der Waals surface area contributed by atoms with E-state index in [0.29, 0.717) is 18.8 Å². The van der Waals surface area contributed by atoms with Gasteiger partial charge in [0.2, 0.25) is 11.8 Å². The van der Waals surface area contributed by atoms with Gasteiger partial charge in [-0.15, -0.1) is 0 Å². The first kappa shape index (κ1) is 12.4. The van der Waals surface area contributed by atoms with E-state index in [1.54, 1.807) is 26.4 Å². The van der Waals surface area contributed by atoms with Crippen LogP contribution in [0, 0.1) is 5.92 Å². The molecule has 1 rings (SSSR count). The second-order valence-electron chi connectivity index (χ2n) is 3.46. The normalized spacial score (nSPS) is 11.9. The number of amides is 1. The van der Waals surface area contributed by atoms with Crippen LogP contribution in [0.5, 0.6) is 5.88 Å². The fourth-order valence-corrected chi connectivity index (χ4v) is 1.42. The molecule has 0 aliphatic heterocycles. The predicted molar refractivity (Wildman–Crippen MR) is 61.1 cm³/mol. The number of nitrogens with two attached hydrogens (primary N) is 1. The topological polar surface area (TPSA) is 77.2 Å². The maximum Gasteiger partial charge on any atom is 0.224 e. The molecule has 0 spiro atoms. The van der Waals surface area contributed by atoms with E-state index in [-0.39, 0.29) is 11.8 Å². The summed E-state index contributed by atoms with van der Waals surface area (Å²) in [6.07, 6.45) is 2.29. The van der Waals surface area contributed by atoms with Crippen molar-refractivity contribution in [3.63, 3.8) is 0 Å². The molecule has 88 valence electrons. The van der Waals surface area contributed by atoms with Crippen LogP contribution in [0.2, 0.25) is 0 Å². The Morgan fingerprint density at radius 1 is 1.62 bits per heavy atom. The summed E-state index contributed by atoms with van der Waals surface area (Å²) in [5, 5.41) is 2.59. The lowest BCUT2D eigenvalue weighted by atomic mass is 10.00. The summed E-state index contributed by atoms with van der Waals surface area (Å²) in [5.41, 5.74) is 6.52. The number of rotatable bonds is 5. The van der Waals surface area contributed by atoms with Gasteiger partial charge in [0.05, 0.1) is 13.0 Å². The van der Waals surface area contributed by atoms with Gasteiger partial charge in [-0.25, -0.2) is 4.98 Å². The predicted octanol–water partition coefficient (Wildman–Crippen LogP) is -0.0464. The molecule has 0 bridgehead atoms. The number of nitrogens with one attached hydrogen (secondary N) is 1. The molecule has 1 heterocycles. The monoisotopic (exact) mass is 223 g/mol. The summed E-state index contributed by atoms with van der Waals surface area (Å²) >= 11 is 0. The minimum atomic E-state index is -0.208. The zero-order chi connectivity index (χ0) is 12.0. The van der Waals surface area contributed by atoms with E-state index in [1.807, 2.05) is 6.07 Å². The summed E-state index contributed by atoms with van der Waals surface area (Å²) in [6.45, 7) is 0.325. The Bertz CT molecular complexity index is 338. The lowest BCUT2D eigenvalue weighted by molar-refractivity contribution is -0.124. The molecule has 0 aliphatic carbocycles. The molecular formula is C11H17N3O2. The minimum absolute atomic E-state index is 0.0432.